The quantitative estimate of drug-likeness (QED) is 0.768. The predicted octanol–water partition coefficient (Wildman–Crippen LogP) is 2.04. The van der Waals surface area contributed by atoms with Crippen molar-refractivity contribution in [1.82, 2.24) is 15.2 Å². The monoisotopic (exact) mass is 366 g/mol. The summed E-state index contributed by atoms with van der Waals surface area (Å²) < 4.78 is 39.8. The van der Waals surface area contributed by atoms with E-state index < -0.39 is 35.0 Å². The number of pyridine rings is 1. The van der Waals surface area contributed by atoms with Crippen molar-refractivity contribution in [2.45, 2.75) is 0 Å². The summed E-state index contributed by atoms with van der Waals surface area (Å²) in [6.45, 7) is 1.02. The number of benzene rings is 1. The minimum absolute atomic E-state index is 0.00200. The van der Waals surface area contributed by atoms with Gasteiger partial charge in [-0.15, -0.1) is 0 Å². The number of carbonyl (C=O) groups is 2. The lowest BCUT2D eigenvalue weighted by Gasteiger charge is -2.11. The number of likely N-dealkylation sites (N-methyl/N-ethyl adjacent to an activating group) is 1. The standard InChI is InChI=1S/C17H17F3N4O2/c1-24(2)9-8-21-16(25)12-4-3-5-13(22-12)17(26)23-11-7-6-10(18)14(19)15(11)20/h3-7H,8-9H2,1-2H3,(H,21,25)(H,23,26). The second kappa shape index (κ2) is 8.43. The van der Waals surface area contributed by atoms with Crippen LogP contribution in [-0.4, -0.2) is 48.9 Å². The number of carbonyl (C=O) groups excluding carboxylic acids is 2. The summed E-state index contributed by atoms with van der Waals surface area (Å²) >= 11 is 0. The van der Waals surface area contributed by atoms with Gasteiger partial charge < -0.3 is 15.5 Å². The Bertz CT molecular complexity index is 828. The maximum Gasteiger partial charge on any atom is 0.274 e. The lowest BCUT2D eigenvalue weighted by Crippen LogP contribution is -2.32. The molecule has 2 amide bonds. The Kier molecular flexibility index (Phi) is 6.29. The molecule has 0 saturated carbocycles. The van der Waals surface area contributed by atoms with Crippen LogP contribution < -0.4 is 10.6 Å². The molecule has 0 aliphatic heterocycles. The SMILES string of the molecule is CN(C)CCNC(=O)c1cccc(C(=O)Nc2ccc(F)c(F)c2F)n1. The van der Waals surface area contributed by atoms with Crippen LogP contribution in [0.4, 0.5) is 18.9 Å². The van der Waals surface area contributed by atoms with Gasteiger partial charge in [0.2, 0.25) is 0 Å². The molecule has 0 radical (unpaired) electrons. The zero-order valence-corrected chi connectivity index (χ0v) is 14.1. The van der Waals surface area contributed by atoms with Gasteiger partial charge in [0.05, 0.1) is 5.69 Å². The number of hydrogen-bond donors (Lipinski definition) is 2. The van der Waals surface area contributed by atoms with E-state index >= 15 is 0 Å². The molecule has 0 aliphatic rings. The van der Waals surface area contributed by atoms with E-state index in [1.165, 1.54) is 18.2 Å². The van der Waals surface area contributed by atoms with Gasteiger partial charge in [-0.2, -0.15) is 0 Å². The van der Waals surface area contributed by atoms with Crippen LogP contribution >= 0.6 is 0 Å². The number of halogens is 3. The van der Waals surface area contributed by atoms with Crippen molar-refractivity contribution in [3.05, 3.63) is 59.2 Å². The summed E-state index contributed by atoms with van der Waals surface area (Å²) in [5.74, 6) is -5.91. The number of nitrogens with one attached hydrogen (secondary N) is 2. The third kappa shape index (κ3) is 4.79. The smallest absolute Gasteiger partial charge is 0.274 e. The molecule has 0 bridgehead atoms. The average molecular weight is 366 g/mol. The number of rotatable bonds is 6. The van der Waals surface area contributed by atoms with Gasteiger partial charge in [0.15, 0.2) is 17.5 Å². The molecule has 2 rings (SSSR count). The predicted molar refractivity (Wildman–Crippen MR) is 89.4 cm³/mol. The van der Waals surface area contributed by atoms with Gasteiger partial charge in [0.25, 0.3) is 11.8 Å². The number of anilines is 1. The Morgan fingerprint density at radius 3 is 2.31 bits per heavy atom. The molecule has 138 valence electrons. The first-order valence-electron chi connectivity index (χ1n) is 7.64. The normalized spacial score (nSPS) is 10.7. The van der Waals surface area contributed by atoms with Gasteiger partial charge in [-0.3, -0.25) is 9.59 Å². The molecule has 2 N–H and O–H groups in total. The van der Waals surface area contributed by atoms with Crippen LogP contribution in [-0.2, 0) is 0 Å². The van der Waals surface area contributed by atoms with Crippen molar-refractivity contribution < 1.29 is 22.8 Å². The highest BCUT2D eigenvalue weighted by Crippen LogP contribution is 2.20. The fourth-order valence-electron chi connectivity index (χ4n) is 1.98. The summed E-state index contributed by atoms with van der Waals surface area (Å²) in [6.07, 6.45) is 0. The Labute approximate surface area is 148 Å². The third-order valence-corrected chi connectivity index (χ3v) is 3.34. The van der Waals surface area contributed by atoms with E-state index in [1.807, 2.05) is 19.0 Å². The average Bonchev–Trinajstić information content (AvgIpc) is 2.62. The Morgan fingerprint density at radius 2 is 1.65 bits per heavy atom. The van der Waals surface area contributed by atoms with Crippen LogP contribution in [0.25, 0.3) is 0 Å². The number of amides is 2. The molecule has 0 unspecified atom stereocenters. The molecule has 1 aromatic heterocycles. The van der Waals surface area contributed by atoms with Gasteiger partial charge in [-0.25, -0.2) is 18.2 Å². The molecule has 0 aliphatic carbocycles. The summed E-state index contributed by atoms with van der Waals surface area (Å²) in [5, 5.41) is 4.74. The molecule has 0 saturated heterocycles. The summed E-state index contributed by atoms with van der Waals surface area (Å²) in [5.41, 5.74) is -0.701. The first-order chi connectivity index (χ1) is 12.3. The Balaban J connectivity index is 2.11. The molecule has 1 aromatic carbocycles. The number of hydrogen-bond acceptors (Lipinski definition) is 4. The van der Waals surface area contributed by atoms with E-state index in [1.54, 1.807) is 0 Å². The first kappa shape index (κ1) is 19.4. The summed E-state index contributed by atoms with van der Waals surface area (Å²) in [7, 11) is 3.71. The second-order valence-corrected chi connectivity index (χ2v) is 5.64. The zero-order chi connectivity index (χ0) is 19.3. The Hall–Kier alpha value is -2.94. The van der Waals surface area contributed by atoms with Crippen LogP contribution in [0.15, 0.2) is 30.3 Å². The van der Waals surface area contributed by atoms with Gasteiger partial charge in [0.1, 0.15) is 11.4 Å². The summed E-state index contributed by atoms with van der Waals surface area (Å²) in [4.78, 5) is 30.0. The Morgan fingerprint density at radius 1 is 1.00 bits per heavy atom. The highest BCUT2D eigenvalue weighted by molar-refractivity contribution is 6.03. The molecular formula is C17H17F3N4O2. The lowest BCUT2D eigenvalue weighted by atomic mass is 10.2. The molecule has 2 aromatic rings. The van der Waals surface area contributed by atoms with Gasteiger partial charge in [-0.05, 0) is 38.4 Å². The molecule has 0 fully saturated rings. The van der Waals surface area contributed by atoms with E-state index in [-0.39, 0.29) is 11.4 Å². The van der Waals surface area contributed by atoms with Crippen molar-refractivity contribution in [2.24, 2.45) is 0 Å². The highest BCUT2D eigenvalue weighted by Gasteiger charge is 2.17. The van der Waals surface area contributed by atoms with E-state index in [9.17, 15) is 22.8 Å². The third-order valence-electron chi connectivity index (χ3n) is 3.34. The highest BCUT2D eigenvalue weighted by atomic mass is 19.2. The van der Waals surface area contributed by atoms with E-state index in [2.05, 4.69) is 15.6 Å². The van der Waals surface area contributed by atoms with Crippen LogP contribution in [0.3, 0.4) is 0 Å². The van der Waals surface area contributed by atoms with Gasteiger partial charge in [-0.1, -0.05) is 6.07 Å². The van der Waals surface area contributed by atoms with Gasteiger partial charge in [0, 0.05) is 13.1 Å². The lowest BCUT2D eigenvalue weighted by molar-refractivity contribution is 0.0946. The molecule has 0 spiro atoms. The molecule has 26 heavy (non-hydrogen) atoms. The fraction of sp³-hybridized carbons (Fsp3) is 0.235. The largest absolute Gasteiger partial charge is 0.349 e. The number of nitrogens with zero attached hydrogens (tertiary/aromatic N) is 2. The minimum Gasteiger partial charge on any atom is -0.349 e. The van der Waals surface area contributed by atoms with Crippen molar-refractivity contribution in [3.8, 4) is 0 Å². The van der Waals surface area contributed by atoms with Crippen molar-refractivity contribution in [3.63, 3.8) is 0 Å². The minimum atomic E-state index is -1.69. The van der Waals surface area contributed by atoms with E-state index in [4.69, 9.17) is 0 Å². The van der Waals surface area contributed by atoms with Crippen molar-refractivity contribution in [1.29, 1.82) is 0 Å². The molecular weight excluding hydrogens is 349 g/mol. The van der Waals surface area contributed by atoms with E-state index in [0.29, 0.717) is 19.2 Å². The maximum absolute atomic E-state index is 13.6. The molecule has 1 heterocycles. The molecule has 9 heteroatoms. The second-order valence-electron chi connectivity index (χ2n) is 5.64. The first-order valence-corrected chi connectivity index (χ1v) is 7.64. The van der Waals surface area contributed by atoms with Crippen LogP contribution in [0.1, 0.15) is 21.0 Å². The van der Waals surface area contributed by atoms with E-state index in [0.717, 1.165) is 6.07 Å². The fourth-order valence-corrected chi connectivity index (χ4v) is 1.98. The molecule has 0 atom stereocenters. The topological polar surface area (TPSA) is 74.3 Å². The van der Waals surface area contributed by atoms with Crippen molar-refractivity contribution >= 4 is 17.5 Å². The zero-order valence-electron chi connectivity index (χ0n) is 14.1. The van der Waals surface area contributed by atoms with Crippen LogP contribution in [0.2, 0.25) is 0 Å². The van der Waals surface area contributed by atoms with Crippen molar-refractivity contribution in [2.75, 3.05) is 32.5 Å². The maximum atomic E-state index is 13.6. The summed E-state index contributed by atoms with van der Waals surface area (Å²) in [6, 6.07) is 5.74. The number of aromatic nitrogens is 1. The van der Waals surface area contributed by atoms with Crippen LogP contribution in [0.5, 0.6) is 0 Å². The molecule has 6 nitrogen and oxygen atoms in total. The van der Waals surface area contributed by atoms with Gasteiger partial charge >= 0.3 is 0 Å². The van der Waals surface area contributed by atoms with Crippen LogP contribution in [0, 0.1) is 17.5 Å².